The molecule has 8 aliphatic rings. The minimum atomic E-state index is 0. The smallest absolute Gasteiger partial charge is 0.0195 e. The molecule has 28 rings (SSSR count). The fourth-order valence-electron chi connectivity index (χ4n) is 20.9. The van der Waals surface area contributed by atoms with Gasteiger partial charge >= 0.3 is 0 Å². The van der Waals surface area contributed by atoms with Gasteiger partial charge in [0.25, 0.3) is 0 Å². The van der Waals surface area contributed by atoms with E-state index in [4.69, 9.17) is 0 Å². The van der Waals surface area contributed by atoms with Gasteiger partial charge in [-0.05, 0) is 228 Å². The first kappa shape index (κ1) is 102. The van der Waals surface area contributed by atoms with Crippen LogP contribution < -0.4 is 0 Å². The van der Waals surface area contributed by atoms with Gasteiger partial charge < -0.3 is 39.9 Å². The molecule has 716 valence electrons. The Morgan fingerprint density at radius 1 is 0.174 bits per heavy atom. The van der Waals surface area contributed by atoms with Gasteiger partial charge in [0.15, 0.2) is 0 Å². The molecule has 0 atom stereocenters. The fraction of sp³-hybridized carbons (Fsp3) is 0.152. The zero-order valence-corrected chi connectivity index (χ0v) is 89.6. The van der Waals surface area contributed by atoms with Crippen molar-refractivity contribution >= 4 is 0 Å². The molecule has 8 heterocycles. The summed E-state index contributed by atoms with van der Waals surface area (Å²) in [4.78, 5) is 35.7. The maximum absolute atomic E-state index is 4.53. The van der Waals surface area contributed by atoms with Gasteiger partial charge in [-0.2, -0.15) is 0 Å². The number of pyridine rings is 8. The van der Waals surface area contributed by atoms with Crippen molar-refractivity contribution in [2.75, 3.05) is 0 Å². The van der Waals surface area contributed by atoms with E-state index in [1.165, 1.54) is 242 Å². The Morgan fingerprint density at radius 2 is 0.493 bits per heavy atom. The average molecular weight is 2570 g/mol. The van der Waals surface area contributed by atoms with E-state index in [1.807, 2.05) is 189 Å². The van der Waals surface area contributed by atoms with E-state index in [0.29, 0.717) is 0 Å². The molecule has 144 heavy (non-hydrogen) atoms. The molecule has 20 aromatic rings. The van der Waals surface area contributed by atoms with E-state index in [-0.39, 0.29) is 80.4 Å². The molecule has 0 fully saturated rings. The van der Waals surface area contributed by atoms with Crippen LogP contribution in [0.15, 0.2) is 389 Å². The van der Waals surface area contributed by atoms with Crippen LogP contribution >= 0.6 is 0 Å². The molecule has 8 aromatic heterocycles. The van der Waals surface area contributed by atoms with Gasteiger partial charge in [0.2, 0.25) is 0 Å². The molecule has 0 unspecified atom stereocenters. The Bertz CT molecular complexity index is 6950. The number of benzene rings is 12. The summed E-state index contributed by atoms with van der Waals surface area (Å²) in [5, 5.41) is 0. The van der Waals surface area contributed by atoms with Crippen LogP contribution in [-0.2, 0) is 157 Å². The second-order valence-corrected chi connectivity index (χ2v) is 36.4. The molecule has 8 aliphatic carbocycles. The molecule has 0 saturated heterocycles. The van der Waals surface area contributed by atoms with Crippen LogP contribution in [0, 0.1) is 48.5 Å². The maximum atomic E-state index is 4.53. The maximum Gasteiger partial charge on any atom is 0.0195 e. The Morgan fingerprint density at radius 3 is 0.882 bits per heavy atom. The SMILES string of the molecule is [Ir].[Ir].[Ir].[Ir].[c-]1cc2c(cc1-c1ccccn1)CCCC2.[c-]1ccc2c(c1-c1ccccn1)CCCC2.[c-]1ccc2c(c1-c1ccccn1)Cc1ccccc1-2.[c-]1ccc2c(c1-c1ccccn1)Cc1ccccc1-2.[c-]1ccc2c(c1-c1ccccn1)Cc1ccccc1-2.[c-]1ccc2c(c1-c1ccccn1)Cc1ccccc1-2.[c-]1ccccc1-c1cc2c(cn1)CCCC2.[c-]1ccccc1-c1nccc2c1CCCC2. The summed E-state index contributed by atoms with van der Waals surface area (Å²) >= 11 is 0. The van der Waals surface area contributed by atoms with Crippen molar-refractivity contribution in [2.45, 2.75) is 128 Å². The minimum absolute atomic E-state index is 0. The molecule has 0 N–H and O–H groups in total. The summed E-state index contributed by atoms with van der Waals surface area (Å²) in [7, 11) is 0. The summed E-state index contributed by atoms with van der Waals surface area (Å²) in [5.41, 5.74) is 50.9. The predicted octanol–water partition coefficient (Wildman–Crippen LogP) is 30.2. The van der Waals surface area contributed by atoms with Crippen molar-refractivity contribution in [3.05, 3.63) is 527 Å². The molecule has 4 radical (unpaired) electrons. The van der Waals surface area contributed by atoms with E-state index < -0.39 is 0 Å². The topological polar surface area (TPSA) is 103 Å². The van der Waals surface area contributed by atoms with E-state index in [2.05, 4.69) is 289 Å². The second-order valence-electron chi connectivity index (χ2n) is 36.4. The molecule has 0 amide bonds. The Labute approximate surface area is 901 Å². The number of nitrogens with zero attached hydrogens (tertiary/aromatic N) is 8. The van der Waals surface area contributed by atoms with E-state index >= 15 is 0 Å². The van der Waals surface area contributed by atoms with E-state index in [1.54, 1.807) is 0 Å². The third-order valence-corrected chi connectivity index (χ3v) is 27.7. The molecule has 0 spiro atoms. The summed E-state index contributed by atoms with van der Waals surface area (Å²) in [5.74, 6) is 0. The molecular weight excluding hydrogens is 2470 g/mol. The van der Waals surface area contributed by atoms with Crippen molar-refractivity contribution in [1.29, 1.82) is 0 Å². The third kappa shape index (κ3) is 23.7. The standard InChI is InChI=1S/4C18H12N.4C15H14N.4Ir/c4*1-2-7-14-13(6-1)12-17-15(14)8-5-9-16(17)18-10-3-4-11-19-18;1-2-8-13-12(6-1)7-5-9-14(13)15-10-3-4-11-16-15;1-2-6-13-11-14(9-8-12(13)5-1)15-7-3-4-10-16-15;1-2-7-13(8-3-1)15-14-9-5-4-6-12(14)10-11-16-15;1-2-6-12(7-3-1)15-10-13-8-4-5-9-14(13)11-16-15;;;;/h4*1-8,10-11H,12H2;3-5,7,10-11H,1-2,6,8H2;3-4,7-8,10-11H,1-2,5-6H2;1-3,7,10-11H,4-6,9H2;1-3,6,10-11H,4-5,8-9H2;;;;/q8*-1;;;;. The van der Waals surface area contributed by atoms with Crippen molar-refractivity contribution in [1.82, 2.24) is 39.9 Å². The molecular formula is C132H104Ir4N8-8. The molecule has 12 heteroatoms. The first-order valence-electron chi connectivity index (χ1n) is 49.4. The summed E-state index contributed by atoms with van der Waals surface area (Å²) in [6.45, 7) is 0. The number of fused-ring (bicyclic) bond motifs is 16. The number of hydrogen-bond donors (Lipinski definition) is 0. The van der Waals surface area contributed by atoms with E-state index in [0.717, 1.165) is 110 Å². The third-order valence-electron chi connectivity index (χ3n) is 27.7. The van der Waals surface area contributed by atoms with Crippen LogP contribution in [-0.4, -0.2) is 39.9 Å². The predicted molar refractivity (Wildman–Crippen MR) is 568 cm³/mol. The van der Waals surface area contributed by atoms with Gasteiger partial charge in [-0.3, -0.25) is 0 Å². The monoisotopic (exact) mass is 2570 g/mol. The average Bonchev–Trinajstić information content (AvgIpc) is 1.62. The normalized spacial score (nSPS) is 12.8. The number of hydrogen-bond acceptors (Lipinski definition) is 8. The Kier molecular flexibility index (Phi) is 35.5. The van der Waals surface area contributed by atoms with Crippen LogP contribution in [0.5, 0.6) is 0 Å². The van der Waals surface area contributed by atoms with Gasteiger partial charge in [0.05, 0.1) is 0 Å². The number of aryl methyl sites for hydroxylation is 6. The van der Waals surface area contributed by atoms with Gasteiger partial charge in [-0.1, -0.05) is 253 Å². The van der Waals surface area contributed by atoms with Gasteiger partial charge in [-0.15, -0.1) is 259 Å². The van der Waals surface area contributed by atoms with Crippen molar-refractivity contribution in [2.24, 2.45) is 0 Å². The van der Waals surface area contributed by atoms with Crippen LogP contribution in [0.2, 0.25) is 0 Å². The van der Waals surface area contributed by atoms with Gasteiger partial charge in [-0.25, -0.2) is 0 Å². The minimum Gasteiger partial charge on any atom is -0.305 e. The Balaban J connectivity index is 0.000000113. The number of aromatic nitrogens is 8. The van der Waals surface area contributed by atoms with Gasteiger partial charge in [0, 0.05) is 130 Å². The Hall–Kier alpha value is -13.6. The summed E-state index contributed by atoms with van der Waals surface area (Å²) in [6.07, 6.45) is 39.0. The van der Waals surface area contributed by atoms with Crippen LogP contribution in [0.1, 0.15) is 140 Å². The quantitative estimate of drug-likeness (QED) is 0.139. The first-order chi connectivity index (χ1) is 69.5. The van der Waals surface area contributed by atoms with Crippen molar-refractivity contribution in [3.63, 3.8) is 0 Å². The van der Waals surface area contributed by atoms with Crippen molar-refractivity contribution in [3.8, 4) is 135 Å². The molecule has 8 nitrogen and oxygen atoms in total. The van der Waals surface area contributed by atoms with E-state index in [9.17, 15) is 0 Å². The second kappa shape index (κ2) is 50.1. The number of rotatable bonds is 8. The molecule has 12 aromatic carbocycles. The largest absolute Gasteiger partial charge is 0.305 e. The zero-order valence-electron chi connectivity index (χ0n) is 80.0. The van der Waals surface area contributed by atoms with Crippen LogP contribution in [0.4, 0.5) is 0 Å². The summed E-state index contributed by atoms with van der Waals surface area (Å²) in [6, 6.07) is 143. The fourth-order valence-corrected chi connectivity index (χ4v) is 20.9. The molecule has 0 saturated carbocycles. The first-order valence-corrected chi connectivity index (χ1v) is 49.4. The van der Waals surface area contributed by atoms with Crippen LogP contribution in [0.3, 0.4) is 0 Å². The molecule has 0 aliphatic heterocycles. The molecule has 0 bridgehead atoms. The summed E-state index contributed by atoms with van der Waals surface area (Å²) < 4.78 is 0. The van der Waals surface area contributed by atoms with Crippen molar-refractivity contribution < 1.29 is 80.4 Å². The van der Waals surface area contributed by atoms with Crippen LogP contribution in [0.25, 0.3) is 135 Å². The van der Waals surface area contributed by atoms with Gasteiger partial charge in [0.1, 0.15) is 0 Å². The zero-order chi connectivity index (χ0) is 93.8.